The molecule has 1 aliphatic rings. The number of unbranched alkanes of at least 4 members (excludes halogenated alkanes) is 2. The first-order chi connectivity index (χ1) is 7.76. The van der Waals surface area contributed by atoms with Crippen LogP contribution in [0.3, 0.4) is 0 Å². The summed E-state index contributed by atoms with van der Waals surface area (Å²) in [6.07, 6.45) is 3.53. The summed E-state index contributed by atoms with van der Waals surface area (Å²) in [5, 5.41) is 11.3. The fourth-order valence-electron chi connectivity index (χ4n) is 2.49. The van der Waals surface area contributed by atoms with Crippen LogP contribution >= 0.6 is 0 Å². The summed E-state index contributed by atoms with van der Waals surface area (Å²) >= 11 is 0. The number of nitrogens with zero attached hydrogens (tertiary/aromatic N) is 1. The summed E-state index contributed by atoms with van der Waals surface area (Å²) in [6.45, 7) is 11.4. The van der Waals surface area contributed by atoms with Crippen molar-refractivity contribution in [3.8, 4) is 0 Å². The molecule has 4 heteroatoms. The minimum absolute atomic E-state index is 0.235. The predicted molar refractivity (Wildman–Crippen MR) is 67.6 cm³/mol. The van der Waals surface area contributed by atoms with Gasteiger partial charge in [-0.2, -0.15) is 0 Å². The molecule has 0 amide bonds. The molecule has 0 bridgehead atoms. The van der Waals surface area contributed by atoms with Crippen molar-refractivity contribution in [3.63, 3.8) is 0 Å². The van der Waals surface area contributed by atoms with E-state index in [4.69, 9.17) is 4.74 Å². The summed E-state index contributed by atoms with van der Waals surface area (Å²) in [7, 11) is 0. The molecule has 0 radical (unpaired) electrons. The van der Waals surface area contributed by atoms with E-state index in [1.165, 1.54) is 0 Å². The van der Waals surface area contributed by atoms with Gasteiger partial charge in [0, 0.05) is 17.4 Å². The Bertz CT molecular complexity index is 325. The molecular formula is C13H23NO3. The van der Waals surface area contributed by atoms with Crippen LogP contribution in [0.1, 0.15) is 53.4 Å². The van der Waals surface area contributed by atoms with Crippen LogP contribution in [0.15, 0.2) is 12.2 Å². The molecule has 0 aliphatic carbocycles. The van der Waals surface area contributed by atoms with Crippen molar-refractivity contribution in [2.75, 3.05) is 0 Å². The second-order valence-corrected chi connectivity index (χ2v) is 5.50. The quantitative estimate of drug-likeness (QED) is 0.321. The van der Waals surface area contributed by atoms with E-state index in [0.29, 0.717) is 5.57 Å². The normalized spacial score (nSPS) is 31.8. The Balaban J connectivity index is 2.88. The van der Waals surface area contributed by atoms with Crippen molar-refractivity contribution < 1.29 is 9.66 Å². The number of hydrogen-bond donors (Lipinski definition) is 0. The van der Waals surface area contributed by atoms with E-state index < -0.39 is 11.1 Å². The highest BCUT2D eigenvalue weighted by atomic mass is 16.6. The summed E-state index contributed by atoms with van der Waals surface area (Å²) in [5.74, 6) is 0. The molecule has 2 atom stereocenters. The van der Waals surface area contributed by atoms with E-state index in [9.17, 15) is 10.1 Å². The van der Waals surface area contributed by atoms with Crippen molar-refractivity contribution >= 4 is 0 Å². The smallest absolute Gasteiger partial charge is 0.268 e. The second-order valence-electron chi connectivity index (χ2n) is 5.50. The van der Waals surface area contributed by atoms with Crippen molar-refractivity contribution in [1.82, 2.24) is 0 Å². The third-order valence-corrected chi connectivity index (χ3v) is 3.85. The van der Waals surface area contributed by atoms with Crippen molar-refractivity contribution in [1.29, 1.82) is 0 Å². The van der Waals surface area contributed by atoms with Gasteiger partial charge in [-0.05, 0) is 20.3 Å². The molecule has 1 saturated heterocycles. The standard InChI is InChI=1S/C13H23NO3/c1-6-7-8-9-11-13(5,14(15)16)10(2)12(3,4)17-11/h11H,2,6-9H2,1,3-5H3/t11-,13+/m0/s1. The van der Waals surface area contributed by atoms with Crippen molar-refractivity contribution in [3.05, 3.63) is 22.3 Å². The van der Waals surface area contributed by atoms with Gasteiger partial charge in [0.25, 0.3) is 5.54 Å². The van der Waals surface area contributed by atoms with Crippen LogP contribution in [-0.4, -0.2) is 22.2 Å². The van der Waals surface area contributed by atoms with Crippen LogP contribution in [0.25, 0.3) is 0 Å². The Morgan fingerprint density at radius 2 is 2.00 bits per heavy atom. The third-order valence-electron chi connectivity index (χ3n) is 3.85. The molecule has 0 aromatic rings. The van der Waals surface area contributed by atoms with Gasteiger partial charge < -0.3 is 4.74 Å². The number of nitro groups is 1. The van der Waals surface area contributed by atoms with Crippen molar-refractivity contribution in [2.24, 2.45) is 0 Å². The van der Waals surface area contributed by atoms with Gasteiger partial charge in [-0.15, -0.1) is 0 Å². The molecule has 1 fully saturated rings. The summed E-state index contributed by atoms with van der Waals surface area (Å²) in [4.78, 5) is 11.1. The first kappa shape index (κ1) is 14.2. The lowest BCUT2D eigenvalue weighted by atomic mass is 9.82. The zero-order valence-corrected chi connectivity index (χ0v) is 11.3. The van der Waals surface area contributed by atoms with E-state index in [1.54, 1.807) is 6.92 Å². The Kier molecular flexibility index (Phi) is 3.97. The lowest BCUT2D eigenvalue weighted by molar-refractivity contribution is -0.560. The highest BCUT2D eigenvalue weighted by molar-refractivity contribution is 5.28. The Morgan fingerprint density at radius 3 is 2.47 bits per heavy atom. The summed E-state index contributed by atoms with van der Waals surface area (Å²) in [6, 6.07) is 0. The minimum atomic E-state index is -1.14. The van der Waals surface area contributed by atoms with Gasteiger partial charge in [0.2, 0.25) is 0 Å². The highest BCUT2D eigenvalue weighted by Gasteiger charge is 2.60. The highest BCUT2D eigenvalue weighted by Crippen LogP contribution is 2.45. The van der Waals surface area contributed by atoms with Gasteiger partial charge >= 0.3 is 0 Å². The molecule has 0 N–H and O–H groups in total. The average Bonchev–Trinajstić information content (AvgIpc) is 2.41. The fraction of sp³-hybridized carbons (Fsp3) is 0.846. The van der Waals surface area contributed by atoms with E-state index in [-0.39, 0.29) is 11.0 Å². The van der Waals surface area contributed by atoms with Crippen LogP contribution in [0.4, 0.5) is 0 Å². The molecule has 0 aromatic carbocycles. The van der Waals surface area contributed by atoms with Gasteiger partial charge in [0.15, 0.2) is 0 Å². The minimum Gasteiger partial charge on any atom is -0.360 e. The van der Waals surface area contributed by atoms with Crippen LogP contribution < -0.4 is 0 Å². The van der Waals surface area contributed by atoms with E-state index in [0.717, 1.165) is 25.7 Å². The molecule has 0 saturated carbocycles. The van der Waals surface area contributed by atoms with Crippen LogP contribution in [-0.2, 0) is 4.74 Å². The lowest BCUT2D eigenvalue weighted by Crippen LogP contribution is -2.44. The van der Waals surface area contributed by atoms with Crippen LogP contribution in [0.5, 0.6) is 0 Å². The SMILES string of the molecule is C=C1C(C)(C)O[C@@H](CCCCC)[C@]1(C)[N+](=O)[O-]. The number of hydrogen-bond acceptors (Lipinski definition) is 3. The molecule has 1 aliphatic heterocycles. The maximum atomic E-state index is 11.3. The Hall–Kier alpha value is -0.900. The van der Waals surface area contributed by atoms with Crippen molar-refractivity contribution in [2.45, 2.75) is 70.6 Å². The molecule has 98 valence electrons. The second kappa shape index (κ2) is 4.77. The first-order valence-corrected chi connectivity index (χ1v) is 6.29. The first-order valence-electron chi connectivity index (χ1n) is 6.29. The molecular weight excluding hydrogens is 218 g/mol. The maximum absolute atomic E-state index is 11.3. The van der Waals surface area contributed by atoms with Gasteiger partial charge in [0.1, 0.15) is 6.10 Å². The Morgan fingerprint density at radius 1 is 1.41 bits per heavy atom. The van der Waals surface area contributed by atoms with E-state index >= 15 is 0 Å². The summed E-state index contributed by atoms with van der Waals surface area (Å²) < 4.78 is 5.84. The molecule has 0 spiro atoms. The molecule has 1 heterocycles. The number of rotatable bonds is 5. The largest absolute Gasteiger partial charge is 0.360 e. The van der Waals surface area contributed by atoms with Crippen LogP contribution in [0, 0.1) is 10.1 Å². The molecule has 1 rings (SSSR count). The molecule has 0 aromatic heterocycles. The van der Waals surface area contributed by atoms with Gasteiger partial charge in [-0.25, -0.2) is 0 Å². The predicted octanol–water partition coefficient (Wildman–Crippen LogP) is 3.34. The topological polar surface area (TPSA) is 52.4 Å². The molecule has 4 nitrogen and oxygen atoms in total. The Labute approximate surface area is 103 Å². The van der Waals surface area contributed by atoms with Gasteiger partial charge in [-0.1, -0.05) is 32.8 Å². The summed E-state index contributed by atoms with van der Waals surface area (Å²) in [5.41, 5.74) is -1.16. The third kappa shape index (κ3) is 2.37. The average molecular weight is 241 g/mol. The number of ether oxygens (including phenoxy) is 1. The zero-order valence-electron chi connectivity index (χ0n) is 11.3. The molecule has 0 unspecified atom stereocenters. The fourth-order valence-corrected chi connectivity index (χ4v) is 2.49. The van der Waals surface area contributed by atoms with E-state index in [2.05, 4.69) is 13.5 Å². The monoisotopic (exact) mass is 241 g/mol. The molecule has 17 heavy (non-hydrogen) atoms. The maximum Gasteiger partial charge on any atom is 0.268 e. The van der Waals surface area contributed by atoms with E-state index in [1.807, 2.05) is 13.8 Å². The van der Waals surface area contributed by atoms with Gasteiger partial charge in [0.05, 0.1) is 5.60 Å². The van der Waals surface area contributed by atoms with Crippen LogP contribution in [0.2, 0.25) is 0 Å². The van der Waals surface area contributed by atoms with Gasteiger partial charge in [-0.3, -0.25) is 10.1 Å². The zero-order chi connectivity index (χ0) is 13.3. The lowest BCUT2D eigenvalue weighted by Gasteiger charge is -2.22.